The van der Waals surface area contributed by atoms with Gasteiger partial charge in [-0.25, -0.2) is 9.18 Å². The van der Waals surface area contributed by atoms with Crippen LogP contribution in [-0.2, 0) is 9.59 Å². The second-order valence-electron chi connectivity index (χ2n) is 4.60. The second kappa shape index (κ2) is 6.65. The van der Waals surface area contributed by atoms with Gasteiger partial charge < -0.3 is 15.2 Å². The highest BCUT2D eigenvalue weighted by Crippen LogP contribution is 2.28. The van der Waals surface area contributed by atoms with Crippen LogP contribution in [0.5, 0.6) is 5.75 Å². The average molecular weight is 378 g/mol. The van der Waals surface area contributed by atoms with Crippen LogP contribution in [0.4, 0.5) is 4.39 Å². The standard InChI is InChI=1S/C13H13BrFNO4S/c14-8-1-2-10(9(15)5-8)20-6-11(17)16-13(12(18)19)3-4-21-7-13/h1-2,5H,3-4,6-7H2,(H,16,17)(H,18,19)/t13-/m1/s1. The molecule has 0 aliphatic carbocycles. The van der Waals surface area contributed by atoms with Gasteiger partial charge in [-0.3, -0.25) is 4.79 Å². The number of ether oxygens (including phenoxy) is 1. The van der Waals surface area contributed by atoms with Gasteiger partial charge in [0.2, 0.25) is 0 Å². The van der Waals surface area contributed by atoms with E-state index in [4.69, 9.17) is 4.74 Å². The molecular formula is C13H13BrFNO4S. The highest BCUT2D eigenvalue weighted by Gasteiger charge is 2.43. The van der Waals surface area contributed by atoms with Gasteiger partial charge in [0.15, 0.2) is 18.2 Å². The summed E-state index contributed by atoms with van der Waals surface area (Å²) in [6.45, 7) is -0.432. The van der Waals surface area contributed by atoms with Gasteiger partial charge in [-0.05, 0) is 30.4 Å². The summed E-state index contributed by atoms with van der Waals surface area (Å²) in [4.78, 5) is 23.1. The quantitative estimate of drug-likeness (QED) is 0.820. The first-order valence-electron chi connectivity index (χ1n) is 6.13. The van der Waals surface area contributed by atoms with Crippen LogP contribution in [0, 0.1) is 5.82 Å². The Morgan fingerprint density at radius 3 is 2.86 bits per heavy atom. The largest absolute Gasteiger partial charge is 0.481 e. The lowest BCUT2D eigenvalue weighted by atomic mass is 9.99. The Kier molecular flexibility index (Phi) is 5.10. The van der Waals surface area contributed by atoms with Gasteiger partial charge in [0.25, 0.3) is 5.91 Å². The number of carboxylic acids is 1. The number of hydrogen-bond donors (Lipinski definition) is 2. The molecule has 114 valence electrons. The molecule has 0 radical (unpaired) electrons. The second-order valence-corrected chi connectivity index (χ2v) is 6.62. The number of carbonyl (C=O) groups is 2. The predicted octanol–water partition coefficient (Wildman–Crippen LogP) is 2.04. The molecule has 0 spiro atoms. The van der Waals surface area contributed by atoms with E-state index in [9.17, 15) is 19.1 Å². The van der Waals surface area contributed by atoms with Gasteiger partial charge >= 0.3 is 5.97 Å². The van der Waals surface area contributed by atoms with Crippen LogP contribution < -0.4 is 10.1 Å². The van der Waals surface area contributed by atoms with Crippen LogP contribution in [0.2, 0.25) is 0 Å². The van der Waals surface area contributed by atoms with Gasteiger partial charge in [-0.15, -0.1) is 0 Å². The fourth-order valence-electron chi connectivity index (χ4n) is 1.92. The van der Waals surface area contributed by atoms with Gasteiger partial charge in [0.05, 0.1) is 0 Å². The minimum atomic E-state index is -1.25. The summed E-state index contributed by atoms with van der Waals surface area (Å²) in [5.74, 6) is -1.30. The Bertz CT molecular complexity index is 563. The van der Waals surface area contributed by atoms with Crippen molar-refractivity contribution in [1.29, 1.82) is 0 Å². The van der Waals surface area contributed by atoms with Crippen molar-refractivity contribution in [2.24, 2.45) is 0 Å². The zero-order chi connectivity index (χ0) is 15.5. The number of nitrogens with one attached hydrogen (secondary N) is 1. The lowest BCUT2D eigenvalue weighted by molar-refractivity contribution is -0.146. The number of aliphatic carboxylic acids is 1. The summed E-state index contributed by atoms with van der Waals surface area (Å²) in [5, 5.41) is 11.7. The van der Waals surface area contributed by atoms with Gasteiger partial charge in [-0.2, -0.15) is 11.8 Å². The normalized spacial score (nSPS) is 21.0. The van der Waals surface area contributed by atoms with E-state index < -0.39 is 29.8 Å². The molecule has 1 aliphatic heterocycles. The lowest BCUT2D eigenvalue weighted by Gasteiger charge is -2.24. The number of amides is 1. The molecule has 1 saturated heterocycles. The van der Waals surface area contributed by atoms with E-state index >= 15 is 0 Å². The Morgan fingerprint density at radius 2 is 2.29 bits per heavy atom. The van der Waals surface area contributed by atoms with Crippen molar-refractivity contribution >= 4 is 39.6 Å². The predicted molar refractivity (Wildman–Crippen MR) is 80.0 cm³/mol. The van der Waals surface area contributed by atoms with Crippen LogP contribution in [0.1, 0.15) is 6.42 Å². The number of thioether (sulfide) groups is 1. The minimum absolute atomic E-state index is 0.0569. The molecule has 0 unspecified atom stereocenters. The zero-order valence-electron chi connectivity index (χ0n) is 10.9. The van der Waals surface area contributed by atoms with Gasteiger partial charge in [0.1, 0.15) is 5.54 Å². The summed E-state index contributed by atoms with van der Waals surface area (Å²) in [7, 11) is 0. The van der Waals surface area contributed by atoms with E-state index in [-0.39, 0.29) is 5.75 Å². The first-order chi connectivity index (χ1) is 9.93. The molecule has 2 N–H and O–H groups in total. The maximum Gasteiger partial charge on any atom is 0.330 e. The number of hydrogen-bond acceptors (Lipinski definition) is 4. The van der Waals surface area contributed by atoms with E-state index in [0.717, 1.165) is 0 Å². The number of rotatable bonds is 5. The minimum Gasteiger partial charge on any atom is -0.481 e. The maximum atomic E-state index is 13.5. The van der Waals surface area contributed by atoms with Crippen molar-refractivity contribution in [2.45, 2.75) is 12.0 Å². The van der Waals surface area contributed by atoms with E-state index in [1.165, 1.54) is 23.9 Å². The molecule has 1 aromatic carbocycles. The molecule has 1 aromatic rings. The highest BCUT2D eigenvalue weighted by molar-refractivity contribution is 9.10. The molecule has 0 aromatic heterocycles. The molecule has 1 atom stereocenters. The van der Waals surface area contributed by atoms with Gasteiger partial charge in [-0.1, -0.05) is 15.9 Å². The van der Waals surface area contributed by atoms with Crippen LogP contribution in [0.3, 0.4) is 0 Å². The van der Waals surface area contributed by atoms with Crippen LogP contribution >= 0.6 is 27.7 Å². The van der Waals surface area contributed by atoms with Crippen molar-refractivity contribution in [1.82, 2.24) is 5.32 Å². The van der Waals surface area contributed by atoms with E-state index in [1.54, 1.807) is 6.07 Å². The SMILES string of the molecule is O=C(COc1ccc(Br)cc1F)N[C@]1(C(=O)O)CCSC1. The zero-order valence-corrected chi connectivity index (χ0v) is 13.3. The Labute approximate surface area is 133 Å². The summed E-state index contributed by atoms with van der Waals surface area (Å²) < 4.78 is 19.2. The van der Waals surface area contributed by atoms with Crippen LogP contribution in [0.25, 0.3) is 0 Å². The molecule has 8 heteroatoms. The third kappa shape index (κ3) is 3.88. The van der Waals surface area contributed by atoms with Crippen molar-refractivity contribution in [3.63, 3.8) is 0 Å². The van der Waals surface area contributed by atoms with Crippen molar-refractivity contribution in [3.8, 4) is 5.75 Å². The number of benzene rings is 1. The third-order valence-electron chi connectivity index (χ3n) is 3.06. The van der Waals surface area contributed by atoms with E-state index in [2.05, 4.69) is 21.2 Å². The lowest BCUT2D eigenvalue weighted by Crippen LogP contribution is -2.55. The molecule has 21 heavy (non-hydrogen) atoms. The maximum absolute atomic E-state index is 13.5. The van der Waals surface area contributed by atoms with Crippen molar-refractivity contribution in [3.05, 3.63) is 28.5 Å². The monoisotopic (exact) mass is 377 g/mol. The Hall–Kier alpha value is -1.28. The molecule has 1 amide bonds. The average Bonchev–Trinajstić information content (AvgIpc) is 2.87. The van der Waals surface area contributed by atoms with E-state index in [1.807, 2.05) is 0 Å². The summed E-state index contributed by atoms with van der Waals surface area (Å²) >= 11 is 4.58. The smallest absolute Gasteiger partial charge is 0.330 e. The first-order valence-corrected chi connectivity index (χ1v) is 8.08. The molecule has 0 saturated carbocycles. The molecule has 0 bridgehead atoms. The van der Waals surface area contributed by atoms with Crippen molar-refractivity contribution in [2.75, 3.05) is 18.1 Å². The molecule has 1 fully saturated rings. The molecule has 1 heterocycles. The first kappa shape index (κ1) is 16.1. The summed E-state index contributed by atoms with van der Waals surface area (Å²) in [6, 6.07) is 4.20. The molecule has 2 rings (SSSR count). The topological polar surface area (TPSA) is 75.6 Å². The fourth-order valence-corrected chi connectivity index (χ4v) is 3.58. The summed E-state index contributed by atoms with van der Waals surface area (Å²) in [5.41, 5.74) is -1.25. The Morgan fingerprint density at radius 1 is 1.52 bits per heavy atom. The van der Waals surface area contributed by atoms with Gasteiger partial charge in [0, 0.05) is 10.2 Å². The third-order valence-corrected chi connectivity index (χ3v) is 4.75. The number of halogens is 2. The molecule has 1 aliphatic rings. The molecular weight excluding hydrogens is 365 g/mol. The van der Waals surface area contributed by atoms with Crippen molar-refractivity contribution < 1.29 is 23.8 Å². The fraction of sp³-hybridized carbons (Fsp3) is 0.385. The highest BCUT2D eigenvalue weighted by atomic mass is 79.9. The number of carboxylic acid groups (broad SMARTS) is 1. The summed E-state index contributed by atoms with van der Waals surface area (Å²) in [6.07, 6.45) is 0.366. The Balaban J connectivity index is 1.94. The number of carbonyl (C=O) groups excluding carboxylic acids is 1. The van der Waals surface area contributed by atoms with E-state index in [0.29, 0.717) is 22.4 Å². The van der Waals surface area contributed by atoms with Crippen LogP contribution in [0.15, 0.2) is 22.7 Å². The van der Waals surface area contributed by atoms with Crippen LogP contribution in [-0.4, -0.2) is 40.6 Å². The molecule has 5 nitrogen and oxygen atoms in total.